The second-order valence-electron chi connectivity index (χ2n) is 9.85. The molecule has 0 amide bonds. The summed E-state index contributed by atoms with van der Waals surface area (Å²) >= 11 is 0. The van der Waals surface area contributed by atoms with Gasteiger partial charge in [0.1, 0.15) is 0 Å². The van der Waals surface area contributed by atoms with Crippen LogP contribution in [0.5, 0.6) is 0 Å². The number of anilines is 2. The maximum atomic E-state index is 13.5. The third-order valence-corrected chi connectivity index (χ3v) is 7.08. The molecule has 1 aliphatic rings. The smallest absolute Gasteiger partial charge is 0.312 e. The van der Waals surface area contributed by atoms with Crippen molar-refractivity contribution in [1.82, 2.24) is 18.7 Å². The molecule has 1 aliphatic heterocycles. The second-order valence-corrected chi connectivity index (χ2v) is 9.85. The number of rotatable bonds is 10. The number of nitrogens with zero attached hydrogens (tertiary/aromatic N) is 5. The number of aromatic nitrogens is 4. The number of hydrogen-bond acceptors (Lipinski definition) is 4. The van der Waals surface area contributed by atoms with Crippen LogP contribution < -0.4 is 16.1 Å². The Bertz CT molecular complexity index is 1240. The highest BCUT2D eigenvalue weighted by atomic mass is 16.2. The van der Waals surface area contributed by atoms with E-state index in [-0.39, 0.29) is 11.2 Å². The lowest BCUT2D eigenvalue weighted by molar-refractivity contribution is 0.457. The molecular weight excluding hydrogens is 426 g/mol. The summed E-state index contributed by atoms with van der Waals surface area (Å²) in [5.74, 6) is 1.10. The van der Waals surface area contributed by atoms with Crippen LogP contribution in [-0.4, -0.2) is 25.2 Å². The summed E-state index contributed by atoms with van der Waals surface area (Å²) in [5.41, 5.74) is 2.89. The van der Waals surface area contributed by atoms with Gasteiger partial charge in [-0.1, -0.05) is 71.4 Å². The van der Waals surface area contributed by atoms with Crippen molar-refractivity contribution in [2.24, 2.45) is 13.0 Å². The van der Waals surface area contributed by atoms with E-state index >= 15 is 0 Å². The minimum Gasteiger partial charge on any atom is -0.312 e. The minimum absolute atomic E-state index is 0.210. The molecule has 0 N–H and O–H groups in total. The van der Waals surface area contributed by atoms with E-state index < -0.39 is 0 Å². The SMILES string of the molecule is CCCCCCCCCn1c(=O)c2c(nc3n2C[C@H](C)CN3c2ccc(CC)cc2)n(C)c1=O. The second kappa shape index (κ2) is 10.6. The summed E-state index contributed by atoms with van der Waals surface area (Å²) in [7, 11) is 1.73. The van der Waals surface area contributed by atoms with Crippen molar-refractivity contribution in [3.05, 3.63) is 50.7 Å². The predicted molar refractivity (Wildman–Crippen MR) is 139 cm³/mol. The van der Waals surface area contributed by atoms with Crippen molar-refractivity contribution in [2.75, 3.05) is 11.4 Å². The highest BCUT2D eigenvalue weighted by Crippen LogP contribution is 2.33. The largest absolute Gasteiger partial charge is 0.332 e. The third kappa shape index (κ3) is 4.70. The first-order chi connectivity index (χ1) is 16.5. The highest BCUT2D eigenvalue weighted by molar-refractivity contribution is 5.77. The fourth-order valence-electron chi connectivity index (χ4n) is 5.06. The van der Waals surface area contributed by atoms with E-state index in [2.05, 4.69) is 49.9 Å². The maximum absolute atomic E-state index is 13.5. The molecule has 1 atom stereocenters. The van der Waals surface area contributed by atoms with Crippen LogP contribution in [0.25, 0.3) is 11.2 Å². The molecule has 184 valence electrons. The Kier molecular flexibility index (Phi) is 7.59. The summed E-state index contributed by atoms with van der Waals surface area (Å²) in [6.45, 7) is 8.58. The minimum atomic E-state index is -0.272. The molecule has 34 heavy (non-hydrogen) atoms. The van der Waals surface area contributed by atoms with Gasteiger partial charge in [0, 0.05) is 32.4 Å². The van der Waals surface area contributed by atoms with Gasteiger partial charge in [0.15, 0.2) is 11.2 Å². The van der Waals surface area contributed by atoms with Crippen LogP contribution in [0, 0.1) is 5.92 Å². The molecule has 7 heteroatoms. The quantitative estimate of drug-likeness (QED) is 0.395. The molecule has 0 aliphatic carbocycles. The number of aryl methyl sites for hydroxylation is 2. The number of hydrogen-bond donors (Lipinski definition) is 0. The van der Waals surface area contributed by atoms with Gasteiger partial charge >= 0.3 is 5.69 Å². The van der Waals surface area contributed by atoms with Crippen LogP contribution in [0.1, 0.15) is 71.3 Å². The molecule has 7 nitrogen and oxygen atoms in total. The molecule has 0 bridgehead atoms. The molecule has 0 spiro atoms. The molecule has 0 radical (unpaired) electrons. The molecule has 3 heterocycles. The Morgan fingerprint density at radius 2 is 1.62 bits per heavy atom. The van der Waals surface area contributed by atoms with Crippen LogP contribution in [0.15, 0.2) is 33.9 Å². The van der Waals surface area contributed by atoms with Gasteiger partial charge in [-0.3, -0.25) is 13.9 Å². The van der Waals surface area contributed by atoms with E-state index in [0.29, 0.717) is 23.6 Å². The molecule has 1 aromatic carbocycles. The first-order valence-electron chi connectivity index (χ1n) is 13.0. The molecule has 0 saturated heterocycles. The number of unbranched alkanes of at least 4 members (excludes halogenated alkanes) is 6. The topological polar surface area (TPSA) is 65.1 Å². The lowest BCUT2D eigenvalue weighted by atomic mass is 10.1. The molecule has 2 aromatic heterocycles. The summed E-state index contributed by atoms with van der Waals surface area (Å²) in [6, 6.07) is 8.54. The lowest BCUT2D eigenvalue weighted by Crippen LogP contribution is -2.40. The highest BCUT2D eigenvalue weighted by Gasteiger charge is 2.29. The van der Waals surface area contributed by atoms with E-state index in [0.717, 1.165) is 50.4 Å². The molecular formula is C27H39N5O2. The van der Waals surface area contributed by atoms with E-state index in [1.54, 1.807) is 11.6 Å². The fraction of sp³-hybridized carbons (Fsp3) is 0.593. The van der Waals surface area contributed by atoms with Crippen LogP contribution in [0.4, 0.5) is 11.6 Å². The van der Waals surface area contributed by atoms with Gasteiger partial charge in [-0.15, -0.1) is 0 Å². The number of benzene rings is 1. The van der Waals surface area contributed by atoms with Crippen molar-refractivity contribution in [2.45, 2.75) is 85.2 Å². The van der Waals surface area contributed by atoms with Gasteiger partial charge < -0.3 is 9.47 Å². The zero-order chi connectivity index (χ0) is 24.2. The van der Waals surface area contributed by atoms with E-state index in [9.17, 15) is 9.59 Å². The first-order valence-corrected chi connectivity index (χ1v) is 13.0. The van der Waals surface area contributed by atoms with Crippen LogP contribution >= 0.6 is 0 Å². The van der Waals surface area contributed by atoms with Crippen molar-refractivity contribution in [3.8, 4) is 0 Å². The zero-order valence-electron chi connectivity index (χ0n) is 21.2. The molecule has 0 unspecified atom stereocenters. The number of imidazole rings is 1. The lowest BCUT2D eigenvalue weighted by Gasteiger charge is -2.33. The van der Waals surface area contributed by atoms with Crippen LogP contribution in [0.3, 0.4) is 0 Å². The van der Waals surface area contributed by atoms with E-state index in [1.807, 2.05) is 4.57 Å². The molecule has 0 saturated carbocycles. The summed E-state index contributed by atoms with van der Waals surface area (Å²) in [4.78, 5) is 33.6. The predicted octanol–water partition coefficient (Wildman–Crippen LogP) is 5.00. The van der Waals surface area contributed by atoms with Crippen molar-refractivity contribution < 1.29 is 0 Å². The zero-order valence-corrected chi connectivity index (χ0v) is 21.2. The fourth-order valence-corrected chi connectivity index (χ4v) is 5.06. The van der Waals surface area contributed by atoms with Gasteiger partial charge in [0.05, 0.1) is 0 Å². The van der Waals surface area contributed by atoms with Crippen molar-refractivity contribution in [3.63, 3.8) is 0 Å². The Balaban J connectivity index is 1.67. The Hall–Kier alpha value is -2.83. The van der Waals surface area contributed by atoms with Crippen molar-refractivity contribution >= 4 is 22.8 Å². The summed E-state index contributed by atoms with van der Waals surface area (Å²) in [5, 5.41) is 0. The van der Waals surface area contributed by atoms with Gasteiger partial charge in [0.25, 0.3) is 5.56 Å². The van der Waals surface area contributed by atoms with Crippen LogP contribution in [-0.2, 0) is 26.6 Å². The van der Waals surface area contributed by atoms with Gasteiger partial charge in [-0.25, -0.2) is 4.79 Å². The van der Waals surface area contributed by atoms with Crippen molar-refractivity contribution in [1.29, 1.82) is 0 Å². The van der Waals surface area contributed by atoms with Gasteiger partial charge in [-0.2, -0.15) is 4.98 Å². The molecule has 3 aromatic rings. The Morgan fingerprint density at radius 3 is 2.29 bits per heavy atom. The maximum Gasteiger partial charge on any atom is 0.332 e. The first kappa shape index (κ1) is 24.3. The Morgan fingerprint density at radius 1 is 0.941 bits per heavy atom. The van der Waals surface area contributed by atoms with E-state index in [1.165, 1.54) is 35.8 Å². The standard InChI is InChI=1S/C27H39N5O2/c1-5-7-8-9-10-11-12-17-30-25(33)23-24(29(4)27(30)34)28-26-31(18-20(3)19-32(23)26)22-15-13-21(6-2)14-16-22/h13-16,20H,5-12,17-19H2,1-4H3/t20-/m1/s1. The molecule has 0 fully saturated rings. The summed E-state index contributed by atoms with van der Waals surface area (Å²) in [6.07, 6.45) is 9.05. The van der Waals surface area contributed by atoms with Crippen LogP contribution in [0.2, 0.25) is 0 Å². The third-order valence-electron chi connectivity index (χ3n) is 7.08. The van der Waals surface area contributed by atoms with Gasteiger partial charge in [0.2, 0.25) is 5.95 Å². The molecule has 4 rings (SSSR count). The van der Waals surface area contributed by atoms with Gasteiger partial charge in [-0.05, 0) is 36.5 Å². The normalized spacial score (nSPS) is 15.8. The average Bonchev–Trinajstić information content (AvgIpc) is 3.23. The average molecular weight is 466 g/mol. The monoisotopic (exact) mass is 465 g/mol. The van der Waals surface area contributed by atoms with E-state index in [4.69, 9.17) is 4.98 Å². The Labute approximate surface area is 202 Å². The number of fused-ring (bicyclic) bond motifs is 3. The summed E-state index contributed by atoms with van der Waals surface area (Å²) < 4.78 is 5.00.